The third kappa shape index (κ3) is 4.20. The second-order valence-corrected chi connectivity index (χ2v) is 6.69. The molecule has 0 bridgehead atoms. The highest BCUT2D eigenvalue weighted by atomic mass is 32.2. The highest BCUT2D eigenvalue weighted by Crippen LogP contribution is 2.32. The van der Waals surface area contributed by atoms with Crippen LogP contribution in [0.15, 0.2) is 53.4 Å². The fourth-order valence-corrected chi connectivity index (χ4v) is 3.34. The lowest BCUT2D eigenvalue weighted by molar-refractivity contribution is -0.122. The molecule has 2 amide bonds. The first-order chi connectivity index (χ1) is 13.0. The molecular formula is C20H17NO5S. The van der Waals surface area contributed by atoms with Gasteiger partial charge in [-0.15, -0.1) is 0 Å². The summed E-state index contributed by atoms with van der Waals surface area (Å²) in [5.74, 6) is 0.541. The number of ether oxygens (including phenoxy) is 2. The molecule has 1 aliphatic rings. The number of hydrogen-bond donors (Lipinski definition) is 0. The van der Waals surface area contributed by atoms with Crippen molar-refractivity contribution >= 4 is 34.8 Å². The maximum absolute atomic E-state index is 12.5. The van der Waals surface area contributed by atoms with Gasteiger partial charge in [0.25, 0.3) is 11.1 Å². The minimum absolute atomic E-state index is 0.285. The molecule has 1 heterocycles. The average molecular weight is 383 g/mol. The van der Waals surface area contributed by atoms with Gasteiger partial charge in [-0.1, -0.05) is 12.1 Å². The SMILES string of the molecule is COc1ccc(/C=C2\SC(=O)N(CC(=O)c3ccc(OC)cc3)C2=O)cc1. The van der Waals surface area contributed by atoms with Crippen molar-refractivity contribution in [2.75, 3.05) is 20.8 Å². The van der Waals surface area contributed by atoms with E-state index in [-0.39, 0.29) is 17.2 Å². The van der Waals surface area contributed by atoms with Gasteiger partial charge >= 0.3 is 0 Å². The first-order valence-electron chi connectivity index (χ1n) is 8.08. The van der Waals surface area contributed by atoms with Gasteiger partial charge < -0.3 is 9.47 Å². The van der Waals surface area contributed by atoms with Crippen LogP contribution in [0, 0.1) is 0 Å². The van der Waals surface area contributed by atoms with Gasteiger partial charge in [0.2, 0.25) is 0 Å². The van der Waals surface area contributed by atoms with Crippen molar-refractivity contribution in [3.8, 4) is 11.5 Å². The molecule has 1 aliphatic heterocycles. The van der Waals surface area contributed by atoms with Crippen LogP contribution in [0.25, 0.3) is 6.08 Å². The molecule has 7 heteroatoms. The lowest BCUT2D eigenvalue weighted by atomic mass is 10.1. The van der Waals surface area contributed by atoms with Crippen LogP contribution in [0.3, 0.4) is 0 Å². The zero-order chi connectivity index (χ0) is 19.4. The lowest BCUT2D eigenvalue weighted by Gasteiger charge is -2.11. The highest BCUT2D eigenvalue weighted by molar-refractivity contribution is 8.18. The highest BCUT2D eigenvalue weighted by Gasteiger charge is 2.36. The molecule has 3 rings (SSSR count). The summed E-state index contributed by atoms with van der Waals surface area (Å²) >= 11 is 0.825. The Kier molecular flexibility index (Phi) is 5.61. The van der Waals surface area contributed by atoms with Crippen LogP contribution in [0.4, 0.5) is 4.79 Å². The number of rotatable bonds is 6. The van der Waals surface area contributed by atoms with Crippen LogP contribution in [0.2, 0.25) is 0 Å². The van der Waals surface area contributed by atoms with Crippen LogP contribution in [-0.4, -0.2) is 42.6 Å². The van der Waals surface area contributed by atoms with Crippen LogP contribution in [0.1, 0.15) is 15.9 Å². The minimum atomic E-state index is -0.470. The van der Waals surface area contributed by atoms with E-state index in [1.807, 2.05) is 0 Å². The first-order valence-corrected chi connectivity index (χ1v) is 8.90. The molecule has 0 radical (unpaired) electrons. The normalized spacial score (nSPS) is 15.3. The van der Waals surface area contributed by atoms with Crippen molar-refractivity contribution in [3.63, 3.8) is 0 Å². The maximum Gasteiger partial charge on any atom is 0.293 e. The Morgan fingerprint density at radius 2 is 1.52 bits per heavy atom. The van der Waals surface area contributed by atoms with E-state index in [4.69, 9.17) is 9.47 Å². The topological polar surface area (TPSA) is 72.9 Å². The van der Waals surface area contributed by atoms with Gasteiger partial charge in [-0.25, -0.2) is 0 Å². The Morgan fingerprint density at radius 1 is 0.963 bits per heavy atom. The number of amides is 2. The molecule has 0 spiro atoms. The summed E-state index contributed by atoms with van der Waals surface area (Å²) < 4.78 is 10.1. The first kappa shape index (κ1) is 18.7. The number of benzene rings is 2. The quantitative estimate of drug-likeness (QED) is 0.560. The molecule has 6 nitrogen and oxygen atoms in total. The van der Waals surface area contributed by atoms with E-state index < -0.39 is 11.1 Å². The number of nitrogens with zero attached hydrogens (tertiary/aromatic N) is 1. The third-order valence-corrected chi connectivity index (χ3v) is 4.91. The van der Waals surface area contributed by atoms with Gasteiger partial charge in [-0.05, 0) is 59.8 Å². The number of carbonyl (C=O) groups is 3. The largest absolute Gasteiger partial charge is 0.497 e. The van der Waals surface area contributed by atoms with Crippen molar-refractivity contribution in [3.05, 3.63) is 64.6 Å². The molecule has 0 N–H and O–H groups in total. The second kappa shape index (κ2) is 8.09. The number of methoxy groups -OCH3 is 2. The summed E-state index contributed by atoms with van der Waals surface area (Å²) in [6.45, 7) is -0.295. The van der Waals surface area contributed by atoms with Crippen molar-refractivity contribution in [2.24, 2.45) is 0 Å². The number of imide groups is 1. The molecule has 0 aliphatic carbocycles. The van der Waals surface area contributed by atoms with E-state index in [0.29, 0.717) is 17.1 Å². The summed E-state index contributed by atoms with van der Waals surface area (Å²) in [6.07, 6.45) is 1.63. The average Bonchev–Trinajstić information content (AvgIpc) is 2.96. The van der Waals surface area contributed by atoms with Crippen LogP contribution < -0.4 is 9.47 Å². The summed E-state index contributed by atoms with van der Waals surface area (Å²) in [5, 5.41) is -0.457. The predicted octanol–water partition coefficient (Wildman–Crippen LogP) is 3.62. The van der Waals surface area contributed by atoms with Gasteiger partial charge in [-0.2, -0.15) is 0 Å². The van der Waals surface area contributed by atoms with Crippen molar-refractivity contribution in [1.29, 1.82) is 0 Å². The Labute approximate surface area is 160 Å². The van der Waals surface area contributed by atoms with E-state index in [1.165, 1.54) is 7.11 Å². The lowest BCUT2D eigenvalue weighted by Crippen LogP contribution is -2.33. The standard InChI is InChI=1S/C20H17NO5S/c1-25-15-7-3-13(4-8-15)11-18-19(23)21(20(24)27-18)12-17(22)14-5-9-16(26-2)10-6-14/h3-11H,12H2,1-2H3/b18-11-. The number of carbonyl (C=O) groups excluding carboxylic acids is 3. The summed E-state index contributed by atoms with van der Waals surface area (Å²) in [6, 6.07) is 13.6. The molecule has 0 saturated carbocycles. The second-order valence-electron chi connectivity index (χ2n) is 5.69. The molecule has 27 heavy (non-hydrogen) atoms. The summed E-state index contributed by atoms with van der Waals surface area (Å²) in [5.41, 5.74) is 1.18. The number of Topliss-reactive ketones (excluding diaryl/α,β-unsaturated/α-hetero) is 1. The fourth-order valence-electron chi connectivity index (χ4n) is 2.50. The molecular weight excluding hydrogens is 366 g/mol. The zero-order valence-electron chi connectivity index (χ0n) is 14.8. The van der Waals surface area contributed by atoms with E-state index in [9.17, 15) is 14.4 Å². The zero-order valence-corrected chi connectivity index (χ0v) is 15.6. The van der Waals surface area contributed by atoms with Crippen LogP contribution in [0.5, 0.6) is 11.5 Å². The van der Waals surface area contributed by atoms with Crippen molar-refractivity contribution in [2.45, 2.75) is 0 Å². The maximum atomic E-state index is 12.5. The van der Waals surface area contributed by atoms with E-state index in [2.05, 4.69) is 0 Å². The van der Waals surface area contributed by atoms with Crippen molar-refractivity contribution < 1.29 is 23.9 Å². The summed E-state index contributed by atoms with van der Waals surface area (Å²) in [4.78, 5) is 38.4. The molecule has 0 atom stereocenters. The summed E-state index contributed by atoms with van der Waals surface area (Å²) in [7, 11) is 3.10. The fraction of sp³-hybridized carbons (Fsp3) is 0.150. The van der Waals surface area contributed by atoms with E-state index >= 15 is 0 Å². The number of thioether (sulfide) groups is 1. The number of hydrogen-bond acceptors (Lipinski definition) is 6. The van der Waals surface area contributed by atoms with Crippen LogP contribution >= 0.6 is 11.8 Å². The monoisotopic (exact) mass is 383 g/mol. The van der Waals surface area contributed by atoms with Gasteiger partial charge in [0.05, 0.1) is 25.7 Å². The Bertz CT molecular complexity index is 903. The van der Waals surface area contributed by atoms with Gasteiger partial charge in [0.1, 0.15) is 11.5 Å². The minimum Gasteiger partial charge on any atom is -0.497 e. The Balaban J connectivity index is 1.73. The van der Waals surface area contributed by atoms with Gasteiger partial charge in [0.15, 0.2) is 5.78 Å². The molecule has 1 saturated heterocycles. The molecule has 2 aromatic rings. The van der Waals surface area contributed by atoms with Gasteiger partial charge in [0, 0.05) is 5.56 Å². The van der Waals surface area contributed by atoms with Crippen LogP contribution in [-0.2, 0) is 4.79 Å². The Morgan fingerprint density at radius 3 is 2.07 bits per heavy atom. The molecule has 138 valence electrons. The smallest absolute Gasteiger partial charge is 0.293 e. The van der Waals surface area contributed by atoms with E-state index in [1.54, 1.807) is 61.7 Å². The van der Waals surface area contributed by atoms with Crippen molar-refractivity contribution in [1.82, 2.24) is 4.90 Å². The molecule has 2 aromatic carbocycles. The molecule has 0 unspecified atom stereocenters. The third-order valence-electron chi connectivity index (χ3n) is 4.00. The Hall–Kier alpha value is -3.06. The molecule has 0 aromatic heterocycles. The number of ketones is 1. The van der Waals surface area contributed by atoms with Gasteiger partial charge in [-0.3, -0.25) is 19.3 Å². The predicted molar refractivity (Wildman–Crippen MR) is 103 cm³/mol. The van der Waals surface area contributed by atoms with E-state index in [0.717, 1.165) is 22.2 Å². The molecule has 1 fully saturated rings.